The van der Waals surface area contributed by atoms with Crippen LogP contribution in [0.15, 0.2) is 40.9 Å². The molecule has 132 valence electrons. The van der Waals surface area contributed by atoms with Crippen molar-refractivity contribution in [2.75, 3.05) is 19.6 Å². The number of hydrogen-bond donors (Lipinski definition) is 1. The Labute approximate surface area is 148 Å². The van der Waals surface area contributed by atoms with Gasteiger partial charge in [0.15, 0.2) is 5.76 Å². The first kappa shape index (κ1) is 16.4. The van der Waals surface area contributed by atoms with Crippen LogP contribution in [0.5, 0.6) is 0 Å². The van der Waals surface area contributed by atoms with Crippen molar-refractivity contribution in [3.05, 3.63) is 42.1 Å². The quantitative estimate of drug-likeness (QED) is 0.748. The van der Waals surface area contributed by atoms with E-state index < -0.39 is 0 Å². The van der Waals surface area contributed by atoms with Crippen LogP contribution in [0.1, 0.15) is 25.3 Å². The summed E-state index contributed by atoms with van der Waals surface area (Å²) in [5.41, 5.74) is 3.03. The van der Waals surface area contributed by atoms with Crippen molar-refractivity contribution in [2.24, 2.45) is 7.05 Å². The highest BCUT2D eigenvalue weighted by molar-refractivity contribution is 5.82. The highest BCUT2D eigenvalue weighted by Crippen LogP contribution is 2.29. The predicted octanol–water partition coefficient (Wildman–Crippen LogP) is 3.41. The molecule has 25 heavy (non-hydrogen) atoms. The van der Waals surface area contributed by atoms with Crippen molar-refractivity contribution < 1.29 is 4.42 Å². The van der Waals surface area contributed by atoms with E-state index >= 15 is 0 Å². The van der Waals surface area contributed by atoms with Crippen LogP contribution in [0.25, 0.3) is 22.4 Å². The maximum Gasteiger partial charge on any atom is 0.156 e. The molecular weight excluding hydrogens is 312 g/mol. The Morgan fingerprint density at radius 3 is 3.04 bits per heavy atom. The summed E-state index contributed by atoms with van der Waals surface area (Å²) in [6, 6.07) is 10.8. The number of likely N-dealkylation sites (tertiary alicyclic amines) is 1. The molecule has 3 aromatic rings. The first-order valence-electron chi connectivity index (χ1n) is 9.21. The summed E-state index contributed by atoms with van der Waals surface area (Å²) in [4.78, 5) is 2.57. The fourth-order valence-electron chi connectivity index (χ4n) is 3.89. The zero-order valence-electron chi connectivity index (χ0n) is 15.0. The van der Waals surface area contributed by atoms with Crippen molar-refractivity contribution in [1.82, 2.24) is 20.0 Å². The second-order valence-corrected chi connectivity index (χ2v) is 6.88. The highest BCUT2D eigenvalue weighted by atomic mass is 16.3. The summed E-state index contributed by atoms with van der Waals surface area (Å²) in [6.45, 7) is 6.47. The fourth-order valence-corrected chi connectivity index (χ4v) is 3.89. The zero-order valence-corrected chi connectivity index (χ0v) is 15.0. The molecular formula is C20H26N4O. The van der Waals surface area contributed by atoms with Crippen LogP contribution in [0.4, 0.5) is 0 Å². The van der Waals surface area contributed by atoms with Gasteiger partial charge in [-0.15, -0.1) is 0 Å². The maximum absolute atomic E-state index is 6.01. The Morgan fingerprint density at radius 1 is 1.32 bits per heavy atom. The number of furan rings is 1. The lowest BCUT2D eigenvalue weighted by molar-refractivity contribution is 0.260. The molecule has 5 heteroatoms. The lowest BCUT2D eigenvalue weighted by Crippen LogP contribution is -2.37. The zero-order chi connectivity index (χ0) is 17.2. The number of nitrogens with zero attached hydrogens (tertiary/aromatic N) is 3. The lowest BCUT2D eigenvalue weighted by atomic mass is 10.1. The van der Waals surface area contributed by atoms with Gasteiger partial charge in [-0.3, -0.25) is 9.58 Å². The molecule has 0 bridgehead atoms. The Hall–Kier alpha value is -2.11. The number of nitrogens with one attached hydrogen (secondary N) is 1. The topological polar surface area (TPSA) is 46.2 Å². The number of para-hydroxylation sites is 1. The summed E-state index contributed by atoms with van der Waals surface area (Å²) < 4.78 is 7.88. The molecule has 0 amide bonds. The van der Waals surface area contributed by atoms with E-state index in [-0.39, 0.29) is 0 Å². The number of rotatable bonds is 6. The van der Waals surface area contributed by atoms with Gasteiger partial charge < -0.3 is 9.73 Å². The minimum absolute atomic E-state index is 0.663. The van der Waals surface area contributed by atoms with Crippen molar-refractivity contribution >= 4 is 11.0 Å². The fraction of sp³-hybridized carbons (Fsp3) is 0.450. The van der Waals surface area contributed by atoms with Crippen LogP contribution in [-0.4, -0.2) is 40.4 Å². The van der Waals surface area contributed by atoms with E-state index in [0.29, 0.717) is 6.04 Å². The second-order valence-electron chi connectivity index (χ2n) is 6.88. The minimum atomic E-state index is 0.663. The molecule has 0 aliphatic carbocycles. The van der Waals surface area contributed by atoms with Gasteiger partial charge in [0.1, 0.15) is 11.3 Å². The van der Waals surface area contributed by atoms with Gasteiger partial charge in [0, 0.05) is 43.3 Å². The van der Waals surface area contributed by atoms with Crippen molar-refractivity contribution in [2.45, 2.75) is 32.4 Å². The van der Waals surface area contributed by atoms with Gasteiger partial charge in [-0.2, -0.15) is 5.10 Å². The lowest BCUT2D eigenvalue weighted by Gasteiger charge is -2.22. The summed E-state index contributed by atoms with van der Waals surface area (Å²) >= 11 is 0. The number of hydrogen-bond acceptors (Lipinski definition) is 4. The van der Waals surface area contributed by atoms with E-state index in [4.69, 9.17) is 4.42 Å². The van der Waals surface area contributed by atoms with Crippen LogP contribution in [-0.2, 0) is 13.6 Å². The van der Waals surface area contributed by atoms with E-state index in [2.05, 4.69) is 40.6 Å². The molecule has 0 saturated carbocycles. The molecule has 1 atom stereocenters. The monoisotopic (exact) mass is 338 g/mol. The third-order valence-electron chi connectivity index (χ3n) is 5.16. The third kappa shape index (κ3) is 3.34. The van der Waals surface area contributed by atoms with Crippen LogP contribution in [0.2, 0.25) is 0 Å². The van der Waals surface area contributed by atoms with Gasteiger partial charge in [0.25, 0.3) is 0 Å². The molecule has 3 heterocycles. The molecule has 1 N–H and O–H groups in total. The van der Waals surface area contributed by atoms with Gasteiger partial charge in [0.2, 0.25) is 0 Å². The van der Waals surface area contributed by atoms with E-state index in [1.165, 1.54) is 24.9 Å². The van der Waals surface area contributed by atoms with Gasteiger partial charge in [-0.25, -0.2) is 0 Å². The van der Waals surface area contributed by atoms with Crippen LogP contribution >= 0.6 is 0 Å². The molecule has 1 aromatic carbocycles. The summed E-state index contributed by atoms with van der Waals surface area (Å²) in [6.07, 6.45) is 4.70. The molecule has 1 aliphatic rings. The average molecular weight is 338 g/mol. The molecule has 2 aromatic heterocycles. The number of likely N-dealkylation sites (N-methyl/N-ethyl adjacent to an activating group) is 1. The smallest absolute Gasteiger partial charge is 0.156 e. The molecule has 0 spiro atoms. The Balaban J connectivity index is 1.49. The number of benzene rings is 1. The van der Waals surface area contributed by atoms with E-state index in [1.54, 1.807) is 0 Å². The van der Waals surface area contributed by atoms with Crippen LogP contribution in [0, 0.1) is 0 Å². The Kier molecular flexibility index (Phi) is 4.59. The minimum Gasteiger partial charge on any atom is -0.454 e. The predicted molar refractivity (Wildman–Crippen MR) is 100 cm³/mol. The Bertz CT molecular complexity index is 817. The standard InChI is InChI=1S/C20H26N4O/c1-3-24-10-6-8-17(24)13-21-12-16-14-23(2)22-20(16)19-11-15-7-4-5-9-18(15)25-19/h4-5,7,9,11,14,17,21H,3,6,8,10,12-13H2,1-2H3. The van der Waals surface area contributed by atoms with Crippen molar-refractivity contribution in [1.29, 1.82) is 0 Å². The number of aryl methyl sites for hydroxylation is 1. The van der Waals surface area contributed by atoms with Gasteiger partial charge in [-0.05, 0) is 38.1 Å². The van der Waals surface area contributed by atoms with E-state index in [1.807, 2.05) is 29.9 Å². The van der Waals surface area contributed by atoms with Gasteiger partial charge in [0.05, 0.1) is 0 Å². The molecule has 1 unspecified atom stereocenters. The first-order chi connectivity index (χ1) is 12.2. The Morgan fingerprint density at radius 2 is 2.20 bits per heavy atom. The molecule has 4 rings (SSSR count). The highest BCUT2D eigenvalue weighted by Gasteiger charge is 2.22. The molecule has 1 fully saturated rings. The summed E-state index contributed by atoms with van der Waals surface area (Å²) in [5, 5.41) is 9.38. The van der Waals surface area contributed by atoms with Crippen LogP contribution in [0.3, 0.4) is 0 Å². The van der Waals surface area contributed by atoms with Crippen molar-refractivity contribution in [3.63, 3.8) is 0 Å². The number of aromatic nitrogens is 2. The SMILES string of the molecule is CCN1CCCC1CNCc1cn(C)nc1-c1cc2ccccc2o1. The molecule has 1 aliphatic heterocycles. The van der Waals surface area contributed by atoms with Gasteiger partial charge in [-0.1, -0.05) is 25.1 Å². The molecule has 0 radical (unpaired) electrons. The summed E-state index contributed by atoms with van der Waals surface area (Å²) in [7, 11) is 1.96. The first-order valence-corrected chi connectivity index (χ1v) is 9.21. The van der Waals surface area contributed by atoms with Crippen LogP contribution < -0.4 is 5.32 Å². The maximum atomic E-state index is 6.01. The van der Waals surface area contributed by atoms with E-state index in [9.17, 15) is 0 Å². The third-order valence-corrected chi connectivity index (χ3v) is 5.16. The van der Waals surface area contributed by atoms with Gasteiger partial charge >= 0.3 is 0 Å². The second kappa shape index (κ2) is 7.02. The normalized spacial score (nSPS) is 18.4. The average Bonchev–Trinajstić information content (AvgIpc) is 3.32. The number of fused-ring (bicyclic) bond motifs is 1. The molecule has 5 nitrogen and oxygen atoms in total. The summed E-state index contributed by atoms with van der Waals surface area (Å²) in [5.74, 6) is 0.842. The van der Waals surface area contributed by atoms with E-state index in [0.717, 1.165) is 42.1 Å². The van der Waals surface area contributed by atoms with Crippen molar-refractivity contribution in [3.8, 4) is 11.5 Å². The largest absolute Gasteiger partial charge is 0.454 e. The molecule has 1 saturated heterocycles.